The molecule has 0 spiro atoms. The van der Waals surface area contributed by atoms with Crippen LogP contribution in [-0.4, -0.2) is 30.6 Å². The maximum absolute atomic E-state index is 12.1. The van der Waals surface area contributed by atoms with E-state index in [2.05, 4.69) is 19.2 Å². The molecule has 2 amide bonds. The number of hydrogen-bond donors (Lipinski definition) is 1. The van der Waals surface area contributed by atoms with Crippen LogP contribution in [0.2, 0.25) is 0 Å². The molecular formula is C19H40N2O. The fourth-order valence-electron chi connectivity index (χ4n) is 2.74. The normalized spacial score (nSPS) is 10.7. The van der Waals surface area contributed by atoms with Gasteiger partial charge in [0, 0.05) is 19.6 Å². The lowest BCUT2D eigenvalue weighted by Gasteiger charge is -2.23. The smallest absolute Gasteiger partial charge is 0.317 e. The van der Waals surface area contributed by atoms with Crippen LogP contribution in [0.3, 0.4) is 0 Å². The summed E-state index contributed by atoms with van der Waals surface area (Å²) in [7, 11) is 0. The van der Waals surface area contributed by atoms with Crippen molar-refractivity contribution in [2.45, 2.75) is 97.8 Å². The molecule has 0 unspecified atom stereocenters. The van der Waals surface area contributed by atoms with Crippen molar-refractivity contribution in [1.82, 2.24) is 10.2 Å². The average molecular weight is 313 g/mol. The number of carbonyl (C=O) groups excluding carboxylic acids is 1. The van der Waals surface area contributed by atoms with Crippen molar-refractivity contribution in [2.75, 3.05) is 19.6 Å². The molecule has 0 fully saturated rings. The number of urea groups is 1. The minimum atomic E-state index is 0.129. The Hall–Kier alpha value is -0.730. The minimum Gasteiger partial charge on any atom is -0.338 e. The molecule has 0 saturated heterocycles. The summed E-state index contributed by atoms with van der Waals surface area (Å²) < 4.78 is 0. The fraction of sp³-hybridized carbons (Fsp3) is 0.947. The predicted molar refractivity (Wildman–Crippen MR) is 97.4 cm³/mol. The molecule has 0 aromatic carbocycles. The summed E-state index contributed by atoms with van der Waals surface area (Å²) >= 11 is 0. The van der Waals surface area contributed by atoms with Crippen LogP contribution >= 0.6 is 0 Å². The number of rotatable bonds is 15. The average Bonchev–Trinajstić information content (AvgIpc) is 2.52. The Balaban J connectivity index is 3.82. The molecule has 3 heteroatoms. The summed E-state index contributed by atoms with van der Waals surface area (Å²) in [5, 5.41) is 2.96. The monoisotopic (exact) mass is 312 g/mol. The highest BCUT2D eigenvalue weighted by molar-refractivity contribution is 5.74. The number of carbonyl (C=O) groups is 1. The molecule has 0 aliphatic heterocycles. The Morgan fingerprint density at radius 2 is 1.09 bits per heavy atom. The van der Waals surface area contributed by atoms with Gasteiger partial charge in [-0.25, -0.2) is 4.79 Å². The Bertz CT molecular complexity index is 228. The summed E-state index contributed by atoms with van der Waals surface area (Å²) in [5.41, 5.74) is 0. The fourth-order valence-corrected chi connectivity index (χ4v) is 2.74. The molecule has 22 heavy (non-hydrogen) atoms. The minimum absolute atomic E-state index is 0.129. The number of nitrogens with zero attached hydrogens (tertiary/aromatic N) is 1. The number of nitrogens with one attached hydrogen (secondary N) is 1. The van der Waals surface area contributed by atoms with Crippen molar-refractivity contribution in [1.29, 1.82) is 0 Å². The van der Waals surface area contributed by atoms with E-state index in [1.54, 1.807) is 0 Å². The van der Waals surface area contributed by atoms with E-state index >= 15 is 0 Å². The standard InChI is InChI=1S/C19H40N2O/c1-4-7-9-11-13-15-17-21(19(22)20-6-3)18-16-14-12-10-8-5-2/h4-18H2,1-3H3,(H,20,22). The second-order valence-electron chi connectivity index (χ2n) is 6.36. The molecule has 0 aliphatic rings. The van der Waals surface area contributed by atoms with Crippen molar-refractivity contribution < 1.29 is 4.79 Å². The van der Waals surface area contributed by atoms with Gasteiger partial charge in [0.25, 0.3) is 0 Å². The predicted octanol–water partition coefficient (Wildman–Crippen LogP) is 5.74. The zero-order valence-corrected chi connectivity index (χ0v) is 15.5. The maximum atomic E-state index is 12.1. The van der Waals surface area contributed by atoms with E-state index in [4.69, 9.17) is 0 Å². The van der Waals surface area contributed by atoms with E-state index in [-0.39, 0.29) is 6.03 Å². The van der Waals surface area contributed by atoms with Gasteiger partial charge < -0.3 is 10.2 Å². The molecular weight excluding hydrogens is 272 g/mol. The van der Waals surface area contributed by atoms with E-state index in [9.17, 15) is 4.79 Å². The van der Waals surface area contributed by atoms with Crippen LogP contribution in [0.1, 0.15) is 97.8 Å². The van der Waals surface area contributed by atoms with E-state index in [0.29, 0.717) is 0 Å². The topological polar surface area (TPSA) is 32.3 Å². The van der Waals surface area contributed by atoms with E-state index in [1.807, 2.05) is 11.8 Å². The second-order valence-corrected chi connectivity index (χ2v) is 6.36. The van der Waals surface area contributed by atoms with Crippen LogP contribution < -0.4 is 5.32 Å². The van der Waals surface area contributed by atoms with Crippen molar-refractivity contribution in [3.8, 4) is 0 Å². The van der Waals surface area contributed by atoms with Gasteiger partial charge in [-0.05, 0) is 19.8 Å². The summed E-state index contributed by atoms with van der Waals surface area (Å²) in [6.07, 6.45) is 15.4. The maximum Gasteiger partial charge on any atom is 0.317 e. The first-order valence-electron chi connectivity index (χ1n) is 9.79. The van der Waals surface area contributed by atoms with Gasteiger partial charge in [0.2, 0.25) is 0 Å². The molecule has 0 aliphatic carbocycles. The molecule has 0 aromatic heterocycles. The zero-order valence-electron chi connectivity index (χ0n) is 15.5. The Morgan fingerprint density at radius 3 is 1.50 bits per heavy atom. The summed E-state index contributed by atoms with van der Waals surface area (Å²) in [6, 6.07) is 0.129. The molecule has 0 radical (unpaired) electrons. The molecule has 0 aromatic rings. The molecule has 0 saturated carbocycles. The van der Waals surface area contributed by atoms with Crippen LogP contribution in [0.4, 0.5) is 4.79 Å². The van der Waals surface area contributed by atoms with Gasteiger partial charge in [-0.15, -0.1) is 0 Å². The van der Waals surface area contributed by atoms with E-state index in [0.717, 1.165) is 32.5 Å². The van der Waals surface area contributed by atoms with Crippen LogP contribution in [0.25, 0.3) is 0 Å². The van der Waals surface area contributed by atoms with Crippen LogP contribution in [-0.2, 0) is 0 Å². The van der Waals surface area contributed by atoms with Crippen LogP contribution in [0.15, 0.2) is 0 Å². The number of amides is 2. The lowest BCUT2D eigenvalue weighted by molar-refractivity contribution is 0.195. The molecule has 0 rings (SSSR count). The highest BCUT2D eigenvalue weighted by Crippen LogP contribution is 2.09. The van der Waals surface area contributed by atoms with Crippen molar-refractivity contribution in [3.63, 3.8) is 0 Å². The van der Waals surface area contributed by atoms with Crippen molar-refractivity contribution in [3.05, 3.63) is 0 Å². The molecule has 0 heterocycles. The van der Waals surface area contributed by atoms with Crippen LogP contribution in [0.5, 0.6) is 0 Å². The largest absolute Gasteiger partial charge is 0.338 e. The molecule has 0 bridgehead atoms. The third-order valence-corrected chi connectivity index (χ3v) is 4.18. The highest BCUT2D eigenvalue weighted by Gasteiger charge is 2.11. The molecule has 132 valence electrons. The third-order valence-electron chi connectivity index (χ3n) is 4.18. The summed E-state index contributed by atoms with van der Waals surface area (Å²) in [5.74, 6) is 0. The summed E-state index contributed by atoms with van der Waals surface area (Å²) in [4.78, 5) is 14.1. The highest BCUT2D eigenvalue weighted by atomic mass is 16.2. The van der Waals surface area contributed by atoms with Crippen LogP contribution in [0, 0.1) is 0 Å². The van der Waals surface area contributed by atoms with Gasteiger partial charge >= 0.3 is 6.03 Å². The van der Waals surface area contributed by atoms with Crippen molar-refractivity contribution >= 4 is 6.03 Å². The van der Waals surface area contributed by atoms with Gasteiger partial charge in [0.1, 0.15) is 0 Å². The number of unbranched alkanes of at least 4 members (excludes halogenated alkanes) is 10. The quantitative estimate of drug-likeness (QED) is 0.384. The van der Waals surface area contributed by atoms with Crippen molar-refractivity contribution in [2.24, 2.45) is 0 Å². The SMILES string of the molecule is CCCCCCCCN(CCCCCCCC)C(=O)NCC. The molecule has 1 N–H and O–H groups in total. The first kappa shape index (κ1) is 21.3. The lowest BCUT2D eigenvalue weighted by atomic mass is 10.1. The third kappa shape index (κ3) is 13.0. The Kier molecular flexibility index (Phi) is 16.1. The summed E-state index contributed by atoms with van der Waals surface area (Å²) in [6.45, 7) is 9.06. The lowest BCUT2D eigenvalue weighted by Crippen LogP contribution is -2.41. The molecule has 0 atom stereocenters. The molecule has 3 nitrogen and oxygen atoms in total. The van der Waals surface area contributed by atoms with E-state index < -0.39 is 0 Å². The van der Waals surface area contributed by atoms with E-state index in [1.165, 1.54) is 64.2 Å². The Labute approximate surface area is 139 Å². The first-order chi connectivity index (χ1) is 10.8. The zero-order chi connectivity index (χ0) is 16.5. The number of hydrogen-bond acceptors (Lipinski definition) is 1. The van der Waals surface area contributed by atoms with Gasteiger partial charge in [-0.1, -0.05) is 78.1 Å². The Morgan fingerprint density at radius 1 is 0.682 bits per heavy atom. The second kappa shape index (κ2) is 16.6. The van der Waals surface area contributed by atoms with Gasteiger partial charge in [0.05, 0.1) is 0 Å². The van der Waals surface area contributed by atoms with Gasteiger partial charge in [-0.2, -0.15) is 0 Å². The first-order valence-corrected chi connectivity index (χ1v) is 9.79. The van der Waals surface area contributed by atoms with Gasteiger partial charge in [-0.3, -0.25) is 0 Å². The van der Waals surface area contributed by atoms with Gasteiger partial charge in [0.15, 0.2) is 0 Å².